The zero-order valence-electron chi connectivity index (χ0n) is 10.9. The molecule has 0 bridgehead atoms. The number of hydrogen-bond acceptors (Lipinski definition) is 5. The predicted octanol–water partition coefficient (Wildman–Crippen LogP) is 0.740. The Balaban J connectivity index is 3.25. The molecule has 0 aliphatic rings. The summed E-state index contributed by atoms with van der Waals surface area (Å²) in [6.45, 7) is -1.48. The lowest BCUT2D eigenvalue weighted by atomic mass is 10.2. The number of methoxy groups -OCH3 is 2. The van der Waals surface area contributed by atoms with Gasteiger partial charge in [0, 0.05) is 11.6 Å². The fraction of sp³-hybridized carbons (Fsp3) is 0.455. The Morgan fingerprint density at radius 2 is 1.95 bits per heavy atom. The highest BCUT2D eigenvalue weighted by atomic mass is 32.2. The van der Waals surface area contributed by atoms with Crippen LogP contribution < -0.4 is 14.2 Å². The second-order valence-corrected chi connectivity index (χ2v) is 5.49. The van der Waals surface area contributed by atoms with Crippen LogP contribution in [-0.4, -0.2) is 40.7 Å². The fourth-order valence-corrected chi connectivity index (χ4v) is 2.62. The molecule has 0 heterocycles. The van der Waals surface area contributed by atoms with Crippen LogP contribution in [0.3, 0.4) is 0 Å². The summed E-state index contributed by atoms with van der Waals surface area (Å²) < 4.78 is 59.6. The normalized spacial score (nSPS) is 11.7. The van der Waals surface area contributed by atoms with Gasteiger partial charge in [-0.05, 0) is 6.07 Å². The molecule has 20 heavy (non-hydrogen) atoms. The van der Waals surface area contributed by atoms with Gasteiger partial charge in [-0.2, -0.15) is 0 Å². The molecule has 0 fully saturated rings. The van der Waals surface area contributed by atoms with E-state index >= 15 is 0 Å². The Bertz CT molecular complexity index is 537. The Morgan fingerprint density at radius 3 is 2.40 bits per heavy atom. The average Bonchev–Trinajstić information content (AvgIpc) is 2.43. The molecule has 0 aromatic heterocycles. The Kier molecular flexibility index (Phi) is 5.66. The first-order valence-corrected chi connectivity index (χ1v) is 6.97. The molecule has 1 aromatic rings. The summed E-state index contributed by atoms with van der Waals surface area (Å²) in [5.41, 5.74) is 0.171. The van der Waals surface area contributed by atoms with E-state index in [4.69, 9.17) is 9.47 Å². The summed E-state index contributed by atoms with van der Waals surface area (Å²) in [6.07, 6.45) is -2.80. The molecule has 0 aliphatic carbocycles. The van der Waals surface area contributed by atoms with Crippen LogP contribution in [0.15, 0.2) is 17.0 Å². The monoisotopic (exact) mass is 311 g/mol. The highest BCUT2D eigenvalue weighted by Crippen LogP contribution is 2.34. The highest BCUT2D eigenvalue weighted by molar-refractivity contribution is 7.89. The van der Waals surface area contributed by atoms with E-state index in [0.717, 1.165) is 12.1 Å². The van der Waals surface area contributed by atoms with E-state index in [1.807, 2.05) is 0 Å². The van der Waals surface area contributed by atoms with Crippen molar-refractivity contribution in [1.82, 2.24) is 4.72 Å². The third-order valence-electron chi connectivity index (χ3n) is 2.44. The maximum atomic E-state index is 12.1. The standard InChI is InChI=1S/C11H15F2NO5S/c1-18-9-4-8(3-7(6-15)11(9)19-2)20(16,17)14-5-10(12)13/h3-4,10,14-15H,5-6H2,1-2H3. The number of aliphatic hydroxyl groups excluding tert-OH is 1. The molecule has 9 heteroatoms. The number of benzene rings is 1. The van der Waals surface area contributed by atoms with Crippen LogP contribution in [-0.2, 0) is 16.6 Å². The van der Waals surface area contributed by atoms with E-state index in [1.54, 1.807) is 4.72 Å². The van der Waals surface area contributed by atoms with Crippen LogP contribution in [0, 0.1) is 0 Å². The number of ether oxygens (including phenoxy) is 2. The molecule has 0 saturated carbocycles. The van der Waals surface area contributed by atoms with Gasteiger partial charge in [-0.1, -0.05) is 0 Å². The molecular weight excluding hydrogens is 296 g/mol. The number of aliphatic hydroxyl groups is 1. The first kappa shape index (κ1) is 16.6. The van der Waals surface area contributed by atoms with Gasteiger partial charge >= 0.3 is 0 Å². The van der Waals surface area contributed by atoms with Gasteiger partial charge in [0.2, 0.25) is 10.0 Å². The lowest BCUT2D eigenvalue weighted by Gasteiger charge is -2.14. The number of nitrogens with one attached hydrogen (secondary N) is 1. The van der Waals surface area contributed by atoms with Crippen LogP contribution >= 0.6 is 0 Å². The predicted molar refractivity (Wildman–Crippen MR) is 66.7 cm³/mol. The molecule has 0 amide bonds. The quantitative estimate of drug-likeness (QED) is 0.776. The van der Waals surface area contributed by atoms with Crippen molar-refractivity contribution in [2.75, 3.05) is 20.8 Å². The van der Waals surface area contributed by atoms with Gasteiger partial charge in [-0.25, -0.2) is 21.9 Å². The summed E-state index contributed by atoms with van der Waals surface area (Å²) in [5, 5.41) is 9.21. The fourth-order valence-electron chi connectivity index (χ4n) is 1.54. The molecule has 0 aliphatic heterocycles. The van der Waals surface area contributed by atoms with Crippen LogP contribution in [0.1, 0.15) is 5.56 Å². The SMILES string of the molecule is COc1cc(S(=O)(=O)NCC(F)F)cc(CO)c1OC. The van der Waals surface area contributed by atoms with E-state index in [9.17, 15) is 22.3 Å². The number of alkyl halides is 2. The molecule has 2 N–H and O–H groups in total. The van der Waals surface area contributed by atoms with Gasteiger partial charge in [0.15, 0.2) is 11.5 Å². The van der Waals surface area contributed by atoms with E-state index in [-0.39, 0.29) is 22.0 Å². The van der Waals surface area contributed by atoms with Gasteiger partial charge in [0.25, 0.3) is 6.43 Å². The zero-order chi connectivity index (χ0) is 15.3. The second-order valence-electron chi connectivity index (χ2n) is 3.72. The lowest BCUT2D eigenvalue weighted by Crippen LogP contribution is -2.28. The van der Waals surface area contributed by atoms with Crippen LogP contribution in [0.25, 0.3) is 0 Å². The molecule has 0 radical (unpaired) electrons. The zero-order valence-corrected chi connectivity index (χ0v) is 11.7. The van der Waals surface area contributed by atoms with E-state index in [2.05, 4.69) is 0 Å². The van der Waals surface area contributed by atoms with Gasteiger partial charge in [-0.15, -0.1) is 0 Å². The molecule has 0 spiro atoms. The van der Waals surface area contributed by atoms with Crippen molar-refractivity contribution < 1.29 is 31.8 Å². The topological polar surface area (TPSA) is 84.9 Å². The Morgan fingerprint density at radius 1 is 1.30 bits per heavy atom. The van der Waals surface area contributed by atoms with Crippen molar-refractivity contribution >= 4 is 10.0 Å². The van der Waals surface area contributed by atoms with Crippen molar-refractivity contribution in [3.63, 3.8) is 0 Å². The molecule has 114 valence electrons. The first-order chi connectivity index (χ1) is 9.35. The molecule has 1 rings (SSSR count). The van der Waals surface area contributed by atoms with Crippen LogP contribution in [0.4, 0.5) is 8.78 Å². The summed E-state index contributed by atoms with van der Waals surface area (Å²) >= 11 is 0. The van der Waals surface area contributed by atoms with Crippen LogP contribution in [0.5, 0.6) is 11.5 Å². The molecule has 1 aromatic carbocycles. The maximum Gasteiger partial charge on any atom is 0.251 e. The summed E-state index contributed by atoms with van der Waals surface area (Å²) in [5.74, 6) is 0.263. The van der Waals surface area contributed by atoms with Crippen molar-refractivity contribution in [1.29, 1.82) is 0 Å². The van der Waals surface area contributed by atoms with E-state index in [0.29, 0.717) is 0 Å². The number of rotatable bonds is 7. The Labute approximate surface area is 115 Å². The van der Waals surface area contributed by atoms with Gasteiger partial charge in [0.05, 0.1) is 32.3 Å². The van der Waals surface area contributed by atoms with Crippen LogP contribution in [0.2, 0.25) is 0 Å². The molecule has 0 unspecified atom stereocenters. The van der Waals surface area contributed by atoms with Gasteiger partial charge < -0.3 is 14.6 Å². The van der Waals surface area contributed by atoms with Crippen molar-refractivity contribution in [3.8, 4) is 11.5 Å². The second kappa shape index (κ2) is 6.82. The molecule has 6 nitrogen and oxygen atoms in total. The minimum Gasteiger partial charge on any atom is -0.493 e. The summed E-state index contributed by atoms with van der Waals surface area (Å²) in [4.78, 5) is -0.292. The van der Waals surface area contributed by atoms with Crippen molar-refractivity contribution in [2.45, 2.75) is 17.9 Å². The van der Waals surface area contributed by atoms with Crippen molar-refractivity contribution in [2.24, 2.45) is 0 Å². The lowest BCUT2D eigenvalue weighted by molar-refractivity contribution is 0.153. The molecular formula is C11H15F2NO5S. The third kappa shape index (κ3) is 3.78. The van der Waals surface area contributed by atoms with E-state index in [1.165, 1.54) is 14.2 Å². The highest BCUT2D eigenvalue weighted by Gasteiger charge is 2.21. The smallest absolute Gasteiger partial charge is 0.251 e. The maximum absolute atomic E-state index is 12.1. The third-order valence-corrected chi connectivity index (χ3v) is 3.84. The first-order valence-electron chi connectivity index (χ1n) is 5.49. The largest absolute Gasteiger partial charge is 0.493 e. The van der Waals surface area contributed by atoms with Gasteiger partial charge in [-0.3, -0.25) is 0 Å². The average molecular weight is 311 g/mol. The number of sulfonamides is 1. The molecule has 0 atom stereocenters. The minimum atomic E-state index is -4.12. The van der Waals surface area contributed by atoms with Gasteiger partial charge in [0.1, 0.15) is 0 Å². The summed E-state index contributed by atoms with van der Waals surface area (Å²) in [7, 11) is -1.49. The van der Waals surface area contributed by atoms with Crippen molar-refractivity contribution in [3.05, 3.63) is 17.7 Å². The summed E-state index contributed by atoms with van der Waals surface area (Å²) in [6, 6.07) is 2.26. The minimum absolute atomic E-state index is 0.0801. The number of hydrogen-bond donors (Lipinski definition) is 2. The Hall–Kier alpha value is -1.45. The number of halogens is 2. The molecule has 0 saturated heterocycles. The van der Waals surface area contributed by atoms with E-state index < -0.39 is 29.6 Å².